The molecule has 3 aliphatic heterocycles. The van der Waals surface area contributed by atoms with Crippen molar-refractivity contribution >= 4 is 16.7 Å². The molecule has 10 heteroatoms. The first-order chi connectivity index (χ1) is 17.0. The molecule has 0 radical (unpaired) electrons. The van der Waals surface area contributed by atoms with Gasteiger partial charge in [0.1, 0.15) is 29.9 Å². The van der Waals surface area contributed by atoms with E-state index in [1.165, 1.54) is 12.1 Å². The molecule has 6 rings (SSSR count). The Morgan fingerprint density at radius 1 is 1.11 bits per heavy atom. The Morgan fingerprint density at radius 2 is 1.86 bits per heavy atom. The number of aromatic amines is 1. The summed E-state index contributed by atoms with van der Waals surface area (Å²) in [7, 11) is 0. The van der Waals surface area contributed by atoms with Gasteiger partial charge in [-0.05, 0) is 30.7 Å². The number of morpholine rings is 1. The lowest BCUT2D eigenvalue weighted by Crippen LogP contribution is -2.36. The Morgan fingerprint density at radius 3 is 2.60 bits per heavy atom. The SMILES string of the molecule is CCc1c(O[C@@H]2CO[C@H]3[C@@H]2OC[C@H]3O)[nH]c2ccc(-c3c(F)cc(N4CCOCC4)cc3F)nc12. The summed E-state index contributed by atoms with van der Waals surface area (Å²) in [6.45, 7) is 4.72. The van der Waals surface area contributed by atoms with E-state index in [0.29, 0.717) is 61.9 Å². The molecule has 0 aliphatic carbocycles. The van der Waals surface area contributed by atoms with Gasteiger partial charge in [-0.3, -0.25) is 0 Å². The number of H-pyrrole nitrogens is 1. The fourth-order valence-electron chi connectivity index (χ4n) is 5.17. The van der Waals surface area contributed by atoms with Crippen LogP contribution in [0.4, 0.5) is 14.5 Å². The molecular weight excluding hydrogens is 460 g/mol. The minimum absolute atomic E-state index is 0.157. The summed E-state index contributed by atoms with van der Waals surface area (Å²) in [6.07, 6.45) is -1.19. The molecule has 3 aromatic rings. The first-order valence-corrected chi connectivity index (χ1v) is 11.9. The number of ether oxygens (including phenoxy) is 4. The number of pyridine rings is 1. The highest BCUT2D eigenvalue weighted by Crippen LogP contribution is 2.36. The molecule has 2 N–H and O–H groups in total. The molecule has 3 saturated heterocycles. The van der Waals surface area contributed by atoms with Crippen LogP contribution in [-0.4, -0.2) is 79.0 Å². The van der Waals surface area contributed by atoms with E-state index < -0.39 is 23.8 Å². The predicted molar refractivity (Wildman–Crippen MR) is 124 cm³/mol. The van der Waals surface area contributed by atoms with Crippen molar-refractivity contribution in [2.45, 2.75) is 37.8 Å². The standard InChI is InChI=1S/C25H27F2N3O5/c1-2-14-22-18(29-25(14)35-20-12-34-23-19(31)11-33-24(20)23)4-3-17(28-22)21-15(26)9-13(10-16(21)27)30-5-7-32-8-6-30/h3-4,9-10,19-20,23-24,29,31H,2,5-8,11-12H2,1H3/t19-,20-,23-,24-/m1/s1. The molecule has 0 unspecified atom stereocenters. The van der Waals surface area contributed by atoms with Gasteiger partial charge in [0.25, 0.3) is 0 Å². The van der Waals surface area contributed by atoms with Crippen molar-refractivity contribution < 1.29 is 32.8 Å². The summed E-state index contributed by atoms with van der Waals surface area (Å²) in [4.78, 5) is 9.76. The Labute approximate surface area is 200 Å². The fraction of sp³-hybridized carbons (Fsp3) is 0.480. The number of aliphatic hydroxyl groups excluding tert-OH is 1. The van der Waals surface area contributed by atoms with Gasteiger partial charge in [-0.2, -0.15) is 0 Å². The highest BCUT2D eigenvalue weighted by atomic mass is 19.1. The van der Waals surface area contributed by atoms with Crippen molar-refractivity contribution in [3.63, 3.8) is 0 Å². The van der Waals surface area contributed by atoms with Crippen LogP contribution >= 0.6 is 0 Å². The van der Waals surface area contributed by atoms with Crippen LogP contribution in [0.15, 0.2) is 24.3 Å². The number of nitrogens with zero attached hydrogens (tertiary/aromatic N) is 2. The maximum Gasteiger partial charge on any atom is 0.197 e. The molecule has 0 amide bonds. The van der Waals surface area contributed by atoms with Crippen molar-refractivity contribution in [2.75, 3.05) is 44.4 Å². The van der Waals surface area contributed by atoms with Gasteiger partial charge >= 0.3 is 0 Å². The van der Waals surface area contributed by atoms with E-state index in [1.807, 2.05) is 11.8 Å². The molecule has 186 valence electrons. The first kappa shape index (κ1) is 22.7. The quantitative estimate of drug-likeness (QED) is 0.572. The van der Waals surface area contributed by atoms with E-state index in [0.717, 1.165) is 5.56 Å². The predicted octanol–water partition coefficient (Wildman–Crippen LogP) is 2.81. The van der Waals surface area contributed by atoms with Crippen molar-refractivity contribution in [2.24, 2.45) is 0 Å². The Hall–Kier alpha value is -2.79. The van der Waals surface area contributed by atoms with Gasteiger partial charge in [0.05, 0.1) is 48.7 Å². The average Bonchev–Trinajstić information content (AvgIpc) is 3.54. The number of halogens is 2. The normalized spacial score (nSPS) is 26.5. The number of anilines is 1. The summed E-state index contributed by atoms with van der Waals surface area (Å²) in [6, 6.07) is 6.06. The third-order valence-electron chi connectivity index (χ3n) is 6.97. The third-order valence-corrected chi connectivity index (χ3v) is 6.97. The molecule has 2 aromatic heterocycles. The van der Waals surface area contributed by atoms with Crippen LogP contribution in [0.25, 0.3) is 22.3 Å². The molecule has 35 heavy (non-hydrogen) atoms. The maximum atomic E-state index is 15.1. The topological polar surface area (TPSA) is 89.1 Å². The van der Waals surface area contributed by atoms with Gasteiger partial charge in [-0.15, -0.1) is 0 Å². The van der Waals surface area contributed by atoms with Gasteiger partial charge in [0.2, 0.25) is 0 Å². The van der Waals surface area contributed by atoms with E-state index in [9.17, 15) is 5.11 Å². The molecular formula is C25H27F2N3O5. The second kappa shape index (κ2) is 9.02. The molecule has 1 aromatic carbocycles. The number of aryl methyl sites for hydroxylation is 1. The van der Waals surface area contributed by atoms with Crippen molar-refractivity contribution in [1.29, 1.82) is 0 Å². The van der Waals surface area contributed by atoms with Gasteiger partial charge < -0.3 is 33.9 Å². The van der Waals surface area contributed by atoms with Crippen LogP contribution in [-0.2, 0) is 20.6 Å². The van der Waals surface area contributed by atoms with Gasteiger partial charge in [-0.1, -0.05) is 6.92 Å². The molecule has 5 heterocycles. The summed E-state index contributed by atoms with van der Waals surface area (Å²) in [5.41, 5.74) is 2.65. The molecule has 8 nitrogen and oxygen atoms in total. The monoisotopic (exact) mass is 487 g/mol. The zero-order valence-electron chi connectivity index (χ0n) is 19.3. The lowest BCUT2D eigenvalue weighted by atomic mass is 10.1. The lowest BCUT2D eigenvalue weighted by molar-refractivity contribution is 0.00778. The maximum absolute atomic E-state index is 15.1. The molecule has 3 aliphatic rings. The van der Waals surface area contributed by atoms with E-state index >= 15 is 8.78 Å². The Balaban J connectivity index is 1.32. The number of nitrogens with one attached hydrogen (secondary N) is 1. The highest BCUT2D eigenvalue weighted by molar-refractivity contribution is 5.85. The Bertz CT molecular complexity index is 1220. The summed E-state index contributed by atoms with van der Waals surface area (Å²) in [5, 5.41) is 9.98. The molecule has 0 bridgehead atoms. The third kappa shape index (κ3) is 3.94. The van der Waals surface area contributed by atoms with Gasteiger partial charge in [-0.25, -0.2) is 13.8 Å². The van der Waals surface area contributed by atoms with E-state index in [4.69, 9.17) is 18.9 Å². The van der Waals surface area contributed by atoms with E-state index in [-0.39, 0.29) is 30.1 Å². The summed E-state index contributed by atoms with van der Waals surface area (Å²) < 4.78 is 53.1. The number of hydrogen-bond donors (Lipinski definition) is 2. The summed E-state index contributed by atoms with van der Waals surface area (Å²) in [5.74, 6) is -0.793. The second-order valence-corrected chi connectivity index (χ2v) is 9.08. The Kier molecular flexibility index (Phi) is 5.84. The zero-order chi connectivity index (χ0) is 24.1. The smallest absolute Gasteiger partial charge is 0.197 e. The van der Waals surface area contributed by atoms with Crippen molar-refractivity contribution in [3.05, 3.63) is 41.5 Å². The number of aromatic nitrogens is 2. The van der Waals surface area contributed by atoms with Crippen LogP contribution in [0, 0.1) is 11.6 Å². The number of rotatable bonds is 5. The number of benzene rings is 1. The number of hydrogen-bond acceptors (Lipinski definition) is 7. The summed E-state index contributed by atoms with van der Waals surface area (Å²) >= 11 is 0. The van der Waals surface area contributed by atoms with Crippen LogP contribution in [0.2, 0.25) is 0 Å². The van der Waals surface area contributed by atoms with Crippen molar-refractivity contribution in [3.8, 4) is 17.1 Å². The van der Waals surface area contributed by atoms with Crippen LogP contribution in [0.3, 0.4) is 0 Å². The minimum Gasteiger partial charge on any atom is -0.470 e. The van der Waals surface area contributed by atoms with Gasteiger partial charge in [0, 0.05) is 24.3 Å². The number of fused-ring (bicyclic) bond motifs is 2. The molecule has 0 saturated carbocycles. The first-order valence-electron chi connectivity index (χ1n) is 11.9. The molecule has 0 spiro atoms. The number of aliphatic hydroxyl groups is 1. The average molecular weight is 488 g/mol. The van der Waals surface area contributed by atoms with Gasteiger partial charge in [0.15, 0.2) is 12.0 Å². The van der Waals surface area contributed by atoms with Crippen molar-refractivity contribution in [1.82, 2.24) is 9.97 Å². The molecule has 4 atom stereocenters. The second-order valence-electron chi connectivity index (χ2n) is 9.08. The highest BCUT2D eigenvalue weighted by Gasteiger charge is 2.48. The van der Waals surface area contributed by atoms with E-state index in [2.05, 4.69) is 9.97 Å². The fourth-order valence-corrected chi connectivity index (χ4v) is 5.17. The lowest BCUT2D eigenvalue weighted by Gasteiger charge is -2.29. The van der Waals surface area contributed by atoms with Crippen LogP contribution < -0.4 is 9.64 Å². The molecule has 3 fully saturated rings. The minimum atomic E-state index is -0.661. The van der Waals surface area contributed by atoms with Crippen LogP contribution in [0.1, 0.15) is 12.5 Å². The zero-order valence-corrected chi connectivity index (χ0v) is 19.3. The van der Waals surface area contributed by atoms with Crippen LogP contribution in [0.5, 0.6) is 5.88 Å². The van der Waals surface area contributed by atoms with E-state index in [1.54, 1.807) is 12.1 Å². The largest absolute Gasteiger partial charge is 0.470 e.